The normalized spacial score (nSPS) is 14.3. The molecule has 26 heavy (non-hydrogen) atoms. The predicted molar refractivity (Wildman–Crippen MR) is 103 cm³/mol. The fraction of sp³-hybridized carbons (Fsp3) is 0.286. The lowest BCUT2D eigenvalue weighted by Crippen LogP contribution is -2.32. The molecule has 2 aromatic carbocycles. The zero-order valence-electron chi connectivity index (χ0n) is 14.8. The van der Waals surface area contributed by atoms with Crippen LogP contribution in [-0.2, 0) is 19.5 Å². The van der Waals surface area contributed by atoms with Gasteiger partial charge in [-0.3, -0.25) is 4.90 Å². The van der Waals surface area contributed by atoms with Gasteiger partial charge in [-0.25, -0.2) is 4.79 Å². The molecule has 0 radical (unpaired) electrons. The number of nitrogens with zero attached hydrogens (tertiary/aromatic N) is 1. The van der Waals surface area contributed by atoms with Gasteiger partial charge in [0.05, 0.1) is 0 Å². The van der Waals surface area contributed by atoms with E-state index in [9.17, 15) is 4.79 Å². The molecular formula is C21H20ClNO3. The lowest BCUT2D eigenvalue weighted by Gasteiger charge is -2.30. The van der Waals surface area contributed by atoms with Crippen LogP contribution in [0.2, 0.25) is 5.02 Å². The van der Waals surface area contributed by atoms with Crippen LogP contribution in [0.3, 0.4) is 0 Å². The summed E-state index contributed by atoms with van der Waals surface area (Å²) in [6.45, 7) is 6.08. The first-order chi connectivity index (χ1) is 12.5. The quantitative estimate of drug-likeness (QED) is 0.629. The summed E-state index contributed by atoms with van der Waals surface area (Å²) in [5, 5.41) is 1.74. The number of halogens is 1. The Morgan fingerprint density at radius 3 is 2.69 bits per heavy atom. The Kier molecular flexibility index (Phi) is 4.47. The van der Waals surface area contributed by atoms with Crippen molar-refractivity contribution in [1.29, 1.82) is 0 Å². The molecule has 0 N–H and O–H groups in total. The maximum Gasteiger partial charge on any atom is 0.336 e. The highest BCUT2D eigenvalue weighted by atomic mass is 35.5. The molecule has 1 aliphatic rings. The smallest absolute Gasteiger partial charge is 0.336 e. The summed E-state index contributed by atoms with van der Waals surface area (Å²) in [5.74, 6) is 0.834. The molecule has 0 amide bonds. The van der Waals surface area contributed by atoms with E-state index < -0.39 is 0 Å². The maximum atomic E-state index is 11.8. The summed E-state index contributed by atoms with van der Waals surface area (Å²) < 4.78 is 11.5. The molecule has 4 rings (SSSR count). The monoisotopic (exact) mass is 369 g/mol. The molecule has 0 bridgehead atoms. The van der Waals surface area contributed by atoms with Crippen molar-refractivity contribution in [3.05, 3.63) is 74.1 Å². The average molecular weight is 370 g/mol. The lowest BCUT2D eigenvalue weighted by molar-refractivity contribution is 0.0881. The minimum Gasteiger partial charge on any atom is -0.477 e. The number of hydrogen-bond acceptors (Lipinski definition) is 4. The van der Waals surface area contributed by atoms with Crippen LogP contribution in [0.5, 0.6) is 5.75 Å². The molecular weight excluding hydrogens is 350 g/mol. The van der Waals surface area contributed by atoms with E-state index in [-0.39, 0.29) is 5.63 Å². The Morgan fingerprint density at radius 2 is 1.96 bits per heavy atom. The number of benzene rings is 2. The highest BCUT2D eigenvalue weighted by Gasteiger charge is 2.23. The van der Waals surface area contributed by atoms with Gasteiger partial charge >= 0.3 is 5.63 Å². The topological polar surface area (TPSA) is 42.7 Å². The molecule has 0 unspecified atom stereocenters. The van der Waals surface area contributed by atoms with E-state index in [1.807, 2.05) is 38.1 Å². The highest BCUT2D eigenvalue weighted by Crippen LogP contribution is 2.36. The Morgan fingerprint density at radius 1 is 1.19 bits per heavy atom. The van der Waals surface area contributed by atoms with Crippen molar-refractivity contribution in [2.24, 2.45) is 0 Å². The van der Waals surface area contributed by atoms with Crippen molar-refractivity contribution in [2.45, 2.75) is 33.4 Å². The third-order valence-electron chi connectivity index (χ3n) is 4.86. The van der Waals surface area contributed by atoms with E-state index >= 15 is 0 Å². The van der Waals surface area contributed by atoms with Crippen LogP contribution in [0.15, 0.2) is 45.6 Å². The van der Waals surface area contributed by atoms with Crippen molar-refractivity contribution in [1.82, 2.24) is 4.90 Å². The Labute approximate surface area is 156 Å². The van der Waals surface area contributed by atoms with E-state index in [1.165, 1.54) is 5.56 Å². The van der Waals surface area contributed by atoms with Crippen LogP contribution >= 0.6 is 11.6 Å². The second kappa shape index (κ2) is 6.78. The second-order valence-electron chi connectivity index (χ2n) is 6.70. The molecule has 5 heteroatoms. The van der Waals surface area contributed by atoms with Crippen molar-refractivity contribution in [3.8, 4) is 5.75 Å². The number of aryl methyl sites for hydroxylation is 2. The van der Waals surface area contributed by atoms with Gasteiger partial charge in [0.1, 0.15) is 18.1 Å². The first-order valence-electron chi connectivity index (χ1n) is 8.74. The van der Waals surface area contributed by atoms with Crippen molar-refractivity contribution >= 4 is 22.6 Å². The zero-order valence-corrected chi connectivity index (χ0v) is 15.6. The van der Waals surface area contributed by atoms with Gasteiger partial charge in [-0.2, -0.15) is 0 Å². The van der Waals surface area contributed by atoms with Crippen molar-refractivity contribution < 1.29 is 9.15 Å². The van der Waals surface area contributed by atoms with Crippen LogP contribution in [0.1, 0.15) is 29.2 Å². The van der Waals surface area contributed by atoms with E-state index in [1.54, 1.807) is 6.07 Å². The zero-order chi connectivity index (χ0) is 18.3. The highest BCUT2D eigenvalue weighted by molar-refractivity contribution is 6.30. The SMILES string of the molecule is CCc1cc(=O)oc2c(C)c3c(cc12)CN(Cc1ccc(Cl)cc1)CO3. The molecule has 3 aromatic rings. The van der Waals surface area contributed by atoms with E-state index in [0.717, 1.165) is 52.4 Å². The molecule has 0 saturated carbocycles. The molecule has 0 fully saturated rings. The first-order valence-corrected chi connectivity index (χ1v) is 9.11. The summed E-state index contributed by atoms with van der Waals surface area (Å²) in [4.78, 5) is 14.1. The summed E-state index contributed by atoms with van der Waals surface area (Å²) >= 11 is 5.96. The predicted octanol–water partition coefficient (Wildman–Crippen LogP) is 4.67. The average Bonchev–Trinajstić information content (AvgIpc) is 2.64. The van der Waals surface area contributed by atoms with E-state index in [0.29, 0.717) is 12.3 Å². The minimum atomic E-state index is -0.308. The number of hydrogen-bond donors (Lipinski definition) is 0. The van der Waals surface area contributed by atoms with E-state index in [4.69, 9.17) is 20.8 Å². The molecule has 1 aromatic heterocycles. The van der Waals surface area contributed by atoms with Crippen LogP contribution in [0.4, 0.5) is 0 Å². The Hall–Kier alpha value is -2.30. The van der Waals surface area contributed by atoms with Crippen LogP contribution in [-0.4, -0.2) is 11.6 Å². The number of rotatable bonds is 3. The summed E-state index contributed by atoms with van der Waals surface area (Å²) in [6, 6.07) is 11.6. The molecule has 0 spiro atoms. The fourth-order valence-corrected chi connectivity index (χ4v) is 3.70. The molecule has 0 saturated heterocycles. The first kappa shape index (κ1) is 17.1. The van der Waals surface area contributed by atoms with Crippen molar-refractivity contribution in [2.75, 3.05) is 6.73 Å². The molecule has 2 heterocycles. The van der Waals surface area contributed by atoms with Gasteiger partial charge in [-0.1, -0.05) is 30.7 Å². The largest absolute Gasteiger partial charge is 0.477 e. The van der Waals surface area contributed by atoms with Gasteiger partial charge in [0.2, 0.25) is 0 Å². The Balaban J connectivity index is 1.70. The molecule has 1 aliphatic heterocycles. The van der Waals surface area contributed by atoms with Crippen LogP contribution in [0.25, 0.3) is 11.0 Å². The van der Waals surface area contributed by atoms with Crippen LogP contribution in [0, 0.1) is 6.92 Å². The fourth-order valence-electron chi connectivity index (χ4n) is 3.57. The van der Waals surface area contributed by atoms with Gasteiger partial charge in [0.25, 0.3) is 0 Å². The summed E-state index contributed by atoms with van der Waals surface area (Å²) in [6.07, 6.45) is 0.787. The molecule has 134 valence electrons. The van der Waals surface area contributed by atoms with Gasteiger partial charge in [0, 0.05) is 40.7 Å². The molecule has 0 atom stereocenters. The summed E-state index contributed by atoms with van der Waals surface area (Å²) in [7, 11) is 0. The number of fused-ring (bicyclic) bond motifs is 2. The van der Waals surface area contributed by atoms with Crippen molar-refractivity contribution in [3.63, 3.8) is 0 Å². The standard InChI is InChI=1S/C21H20ClNO3/c1-3-15-9-19(24)26-21-13(2)20-16(8-18(15)21)11-23(12-25-20)10-14-4-6-17(22)7-5-14/h4-9H,3,10-12H2,1-2H3. The molecule has 4 nitrogen and oxygen atoms in total. The van der Waals surface area contributed by atoms with Gasteiger partial charge in [0.15, 0.2) is 0 Å². The second-order valence-corrected chi connectivity index (χ2v) is 7.13. The third-order valence-corrected chi connectivity index (χ3v) is 5.11. The maximum absolute atomic E-state index is 11.8. The van der Waals surface area contributed by atoms with Crippen LogP contribution < -0.4 is 10.4 Å². The molecule has 0 aliphatic carbocycles. The third kappa shape index (κ3) is 3.11. The van der Waals surface area contributed by atoms with Gasteiger partial charge < -0.3 is 9.15 Å². The van der Waals surface area contributed by atoms with Gasteiger partial charge in [-0.05, 0) is 42.7 Å². The minimum absolute atomic E-state index is 0.308. The Bertz CT molecular complexity index is 1020. The van der Waals surface area contributed by atoms with E-state index in [2.05, 4.69) is 11.0 Å². The lowest BCUT2D eigenvalue weighted by atomic mass is 9.99. The van der Waals surface area contributed by atoms with Gasteiger partial charge in [-0.15, -0.1) is 0 Å². The number of ether oxygens (including phenoxy) is 1. The summed E-state index contributed by atoms with van der Waals surface area (Å²) in [5.41, 5.74) is 4.56.